The molecule has 108 valence electrons. The predicted octanol–water partition coefficient (Wildman–Crippen LogP) is 2.06. The van der Waals surface area contributed by atoms with Crippen LogP contribution in [0.3, 0.4) is 0 Å². The molecule has 1 aliphatic heterocycles. The minimum Gasteiger partial charge on any atom is -0.372 e. The number of carbonyl (C=O) groups excluding carboxylic acids is 1. The molecule has 0 spiro atoms. The molecule has 1 aromatic rings. The maximum Gasteiger partial charge on any atom is 0.253 e. The van der Waals surface area contributed by atoms with Crippen LogP contribution < -0.4 is 5.73 Å². The number of hydrogen-bond acceptors (Lipinski definition) is 3. The van der Waals surface area contributed by atoms with E-state index in [0.717, 1.165) is 36.8 Å². The van der Waals surface area contributed by atoms with E-state index in [2.05, 4.69) is 0 Å². The number of ether oxygens (including phenoxy) is 1. The summed E-state index contributed by atoms with van der Waals surface area (Å²) in [4.78, 5) is 14.5. The average molecular weight is 274 g/mol. The number of nitrogens with two attached hydrogens (primary N) is 1. The summed E-state index contributed by atoms with van der Waals surface area (Å²) >= 11 is 0. The molecule has 20 heavy (non-hydrogen) atoms. The van der Waals surface area contributed by atoms with Gasteiger partial charge in [-0.25, -0.2) is 0 Å². The lowest BCUT2D eigenvalue weighted by molar-refractivity contribution is 0.0690. The molecule has 0 aromatic heterocycles. The number of fused-ring (bicyclic) bond motifs is 1. The van der Waals surface area contributed by atoms with Crippen molar-refractivity contribution in [1.82, 2.24) is 4.90 Å². The first-order valence-electron chi connectivity index (χ1n) is 7.37. The Balaban J connectivity index is 1.72. The summed E-state index contributed by atoms with van der Waals surface area (Å²) in [6.07, 6.45) is 4.05. The second-order valence-corrected chi connectivity index (χ2v) is 5.96. The molecule has 0 bridgehead atoms. The maximum atomic E-state index is 12.6. The Labute approximate surface area is 119 Å². The normalized spacial score (nSPS) is 25.3. The third-order valence-corrected chi connectivity index (χ3v) is 4.58. The number of rotatable bonds is 2. The van der Waals surface area contributed by atoms with Crippen molar-refractivity contribution >= 4 is 5.91 Å². The van der Waals surface area contributed by atoms with Crippen molar-refractivity contribution in [3.8, 4) is 0 Å². The highest BCUT2D eigenvalue weighted by molar-refractivity contribution is 5.94. The van der Waals surface area contributed by atoms with E-state index >= 15 is 0 Å². The van der Waals surface area contributed by atoms with Crippen LogP contribution >= 0.6 is 0 Å². The smallest absolute Gasteiger partial charge is 0.253 e. The van der Waals surface area contributed by atoms with E-state index in [-0.39, 0.29) is 5.91 Å². The molecule has 4 heteroatoms. The Morgan fingerprint density at radius 3 is 2.65 bits per heavy atom. The first kappa shape index (κ1) is 13.6. The predicted molar refractivity (Wildman–Crippen MR) is 77.3 cm³/mol. The van der Waals surface area contributed by atoms with Crippen LogP contribution in [0.25, 0.3) is 0 Å². The summed E-state index contributed by atoms with van der Waals surface area (Å²) in [6.45, 7) is 1.29. The number of carbonyl (C=O) groups is 1. The minimum atomic E-state index is 0.111. The third-order valence-electron chi connectivity index (χ3n) is 4.58. The third kappa shape index (κ3) is 2.58. The van der Waals surface area contributed by atoms with Gasteiger partial charge in [0.1, 0.15) is 0 Å². The van der Waals surface area contributed by atoms with Gasteiger partial charge in [-0.15, -0.1) is 0 Å². The summed E-state index contributed by atoms with van der Waals surface area (Å²) in [5.74, 6) is 0.111. The van der Waals surface area contributed by atoms with Crippen LogP contribution in [0.15, 0.2) is 18.2 Å². The van der Waals surface area contributed by atoms with Crippen molar-refractivity contribution in [2.45, 2.75) is 51.0 Å². The SMILES string of the molecule is CN(C(=O)c1ccc2c(c1)COC2)C1CCC(N)CC1. The zero-order valence-electron chi connectivity index (χ0n) is 12.0. The van der Waals surface area contributed by atoms with Crippen molar-refractivity contribution in [2.75, 3.05) is 7.05 Å². The van der Waals surface area contributed by atoms with Gasteiger partial charge in [-0.2, -0.15) is 0 Å². The maximum absolute atomic E-state index is 12.6. The fraction of sp³-hybridized carbons (Fsp3) is 0.562. The molecular formula is C16H22N2O2. The fourth-order valence-corrected chi connectivity index (χ4v) is 3.16. The molecule has 2 N–H and O–H groups in total. The molecule has 1 aliphatic carbocycles. The molecule has 1 aromatic carbocycles. The van der Waals surface area contributed by atoms with E-state index in [1.807, 2.05) is 30.1 Å². The van der Waals surface area contributed by atoms with Gasteiger partial charge in [-0.1, -0.05) is 6.07 Å². The molecule has 0 atom stereocenters. The fourth-order valence-electron chi connectivity index (χ4n) is 3.16. The average Bonchev–Trinajstić information content (AvgIpc) is 2.94. The summed E-state index contributed by atoms with van der Waals surface area (Å²) in [7, 11) is 1.91. The Bertz CT molecular complexity index is 507. The van der Waals surface area contributed by atoms with Gasteiger partial charge in [0.2, 0.25) is 0 Å². The van der Waals surface area contributed by atoms with Crippen LogP contribution in [-0.2, 0) is 18.0 Å². The Hall–Kier alpha value is -1.39. The number of benzene rings is 1. The summed E-state index contributed by atoms with van der Waals surface area (Å²) in [5, 5.41) is 0. The highest BCUT2D eigenvalue weighted by Crippen LogP contribution is 2.25. The zero-order valence-corrected chi connectivity index (χ0v) is 12.0. The standard InChI is InChI=1S/C16H22N2O2/c1-18(15-6-4-14(17)5-7-15)16(19)11-2-3-12-9-20-10-13(12)8-11/h2-3,8,14-15H,4-7,9-10,17H2,1H3. The van der Waals surface area contributed by atoms with Gasteiger partial charge >= 0.3 is 0 Å². The molecule has 1 heterocycles. The quantitative estimate of drug-likeness (QED) is 0.898. The van der Waals surface area contributed by atoms with Crippen LogP contribution in [0.1, 0.15) is 47.2 Å². The zero-order chi connectivity index (χ0) is 14.1. The molecule has 0 radical (unpaired) electrons. The van der Waals surface area contributed by atoms with Gasteiger partial charge in [0.15, 0.2) is 0 Å². The number of hydrogen-bond donors (Lipinski definition) is 1. The lowest BCUT2D eigenvalue weighted by atomic mass is 9.90. The molecule has 0 unspecified atom stereocenters. The Morgan fingerprint density at radius 1 is 1.20 bits per heavy atom. The van der Waals surface area contributed by atoms with Crippen LogP contribution in [0.5, 0.6) is 0 Å². The highest BCUT2D eigenvalue weighted by Gasteiger charge is 2.26. The van der Waals surface area contributed by atoms with Gasteiger partial charge in [0.25, 0.3) is 5.91 Å². The van der Waals surface area contributed by atoms with Crippen LogP contribution in [-0.4, -0.2) is 29.9 Å². The van der Waals surface area contributed by atoms with Gasteiger partial charge in [0.05, 0.1) is 13.2 Å². The summed E-state index contributed by atoms with van der Waals surface area (Å²) in [5.41, 5.74) is 9.05. The van der Waals surface area contributed by atoms with E-state index in [1.165, 1.54) is 5.56 Å². The molecule has 3 rings (SSSR count). The lowest BCUT2D eigenvalue weighted by Crippen LogP contribution is -2.41. The molecule has 1 saturated carbocycles. The van der Waals surface area contributed by atoms with Crippen LogP contribution in [0.2, 0.25) is 0 Å². The molecule has 0 saturated heterocycles. The largest absolute Gasteiger partial charge is 0.372 e. The van der Waals surface area contributed by atoms with Gasteiger partial charge in [-0.3, -0.25) is 4.79 Å². The first-order valence-corrected chi connectivity index (χ1v) is 7.37. The first-order chi connectivity index (χ1) is 9.65. The highest BCUT2D eigenvalue weighted by atomic mass is 16.5. The molecule has 1 amide bonds. The van der Waals surface area contributed by atoms with Gasteiger partial charge in [0, 0.05) is 24.7 Å². The van der Waals surface area contributed by atoms with Crippen molar-refractivity contribution in [2.24, 2.45) is 5.73 Å². The lowest BCUT2D eigenvalue weighted by Gasteiger charge is -2.33. The monoisotopic (exact) mass is 274 g/mol. The Morgan fingerprint density at radius 2 is 1.90 bits per heavy atom. The van der Waals surface area contributed by atoms with E-state index in [1.54, 1.807) is 0 Å². The van der Waals surface area contributed by atoms with Gasteiger partial charge in [-0.05, 0) is 48.9 Å². The van der Waals surface area contributed by atoms with Crippen LogP contribution in [0, 0.1) is 0 Å². The van der Waals surface area contributed by atoms with Crippen LogP contribution in [0.4, 0.5) is 0 Å². The molecule has 2 aliphatic rings. The van der Waals surface area contributed by atoms with Crippen molar-refractivity contribution in [3.05, 3.63) is 34.9 Å². The number of nitrogens with zero attached hydrogens (tertiary/aromatic N) is 1. The molecule has 1 fully saturated rings. The van der Waals surface area contributed by atoms with Crippen molar-refractivity contribution in [1.29, 1.82) is 0 Å². The number of amides is 1. The van der Waals surface area contributed by atoms with Crippen molar-refractivity contribution < 1.29 is 9.53 Å². The van der Waals surface area contributed by atoms with E-state index < -0.39 is 0 Å². The molecule has 4 nitrogen and oxygen atoms in total. The summed E-state index contributed by atoms with van der Waals surface area (Å²) < 4.78 is 5.40. The second-order valence-electron chi connectivity index (χ2n) is 5.96. The molecular weight excluding hydrogens is 252 g/mol. The Kier molecular flexibility index (Phi) is 3.76. The van der Waals surface area contributed by atoms with E-state index in [4.69, 9.17) is 10.5 Å². The second kappa shape index (κ2) is 5.54. The van der Waals surface area contributed by atoms with Gasteiger partial charge < -0.3 is 15.4 Å². The summed E-state index contributed by atoms with van der Waals surface area (Å²) in [6, 6.07) is 6.55. The topological polar surface area (TPSA) is 55.6 Å². The minimum absolute atomic E-state index is 0.111. The van der Waals surface area contributed by atoms with Crippen molar-refractivity contribution in [3.63, 3.8) is 0 Å². The van der Waals surface area contributed by atoms with E-state index in [0.29, 0.717) is 25.3 Å². The van der Waals surface area contributed by atoms with E-state index in [9.17, 15) is 4.79 Å².